The number of hydrogen-bond donors (Lipinski definition) is 1. The van der Waals surface area contributed by atoms with Crippen molar-refractivity contribution in [3.8, 4) is 0 Å². The molecule has 2 bridgehead atoms. The van der Waals surface area contributed by atoms with Crippen LogP contribution in [0.5, 0.6) is 0 Å². The van der Waals surface area contributed by atoms with Gasteiger partial charge in [-0.1, -0.05) is 0 Å². The van der Waals surface area contributed by atoms with E-state index in [1.165, 1.54) is 25.7 Å². The average Bonchev–Trinajstić information content (AvgIpc) is 3.31. The van der Waals surface area contributed by atoms with Crippen molar-refractivity contribution in [2.45, 2.75) is 48.6 Å². The van der Waals surface area contributed by atoms with Crippen LogP contribution in [0.2, 0.25) is 0 Å². The van der Waals surface area contributed by atoms with Crippen LogP contribution in [0.4, 0.5) is 4.39 Å². The first-order valence-electron chi connectivity index (χ1n) is 10.4. The number of ether oxygens (including phenoxy) is 1. The minimum absolute atomic E-state index is 0.0779. The number of piperidine rings is 1. The first-order chi connectivity index (χ1) is 15.1. The molecule has 166 valence electrons. The second kappa shape index (κ2) is 8.83. The Kier molecular flexibility index (Phi) is 5.93. The topological polar surface area (TPSA) is 84.6 Å². The Balaban J connectivity index is 1.17. The van der Waals surface area contributed by atoms with Gasteiger partial charge in [-0.3, -0.25) is 0 Å². The van der Waals surface area contributed by atoms with Crippen LogP contribution >= 0.6 is 0 Å². The van der Waals surface area contributed by atoms with Crippen molar-refractivity contribution in [2.24, 2.45) is 0 Å². The number of alkyl halides is 2. The molecular weight excluding hydrogens is 516 g/mol. The van der Waals surface area contributed by atoms with Gasteiger partial charge in [0.1, 0.15) is 0 Å². The maximum absolute atomic E-state index is 13.8. The minimum atomic E-state index is -0.417. The zero-order valence-electron chi connectivity index (χ0n) is 16.9. The SMILES string of the molecule is O=c1[nH]c2nccn2c(=O)n1CCCN1C2C[I-]C1CC(OCc1ccccc1F)C2. The van der Waals surface area contributed by atoms with Gasteiger partial charge in [-0.15, -0.1) is 0 Å². The molecule has 3 unspecified atom stereocenters. The summed E-state index contributed by atoms with van der Waals surface area (Å²) in [4.78, 5) is 33.9. The summed E-state index contributed by atoms with van der Waals surface area (Å²) in [5.74, 6) is 0.0564. The number of aromatic amines is 1. The van der Waals surface area contributed by atoms with Crippen LogP contribution < -0.4 is 32.6 Å². The van der Waals surface area contributed by atoms with E-state index >= 15 is 0 Å². The summed E-state index contributed by atoms with van der Waals surface area (Å²) in [6, 6.07) is 7.26. The Bertz CT molecular complexity index is 1180. The Morgan fingerprint density at radius 1 is 1.23 bits per heavy atom. The fraction of sp³-hybridized carbons (Fsp3) is 0.476. The molecule has 10 heteroatoms. The molecular formula is C21H24FIN5O3-. The summed E-state index contributed by atoms with van der Waals surface area (Å²) in [5.41, 5.74) is -0.163. The number of aromatic nitrogens is 4. The van der Waals surface area contributed by atoms with Gasteiger partial charge < -0.3 is 0 Å². The quantitative estimate of drug-likeness (QED) is 0.217. The maximum atomic E-state index is 13.8. The number of halogens is 2. The van der Waals surface area contributed by atoms with Gasteiger partial charge in [-0.2, -0.15) is 0 Å². The Morgan fingerprint density at radius 2 is 2.10 bits per heavy atom. The molecule has 3 aromatic rings. The molecule has 1 aromatic carbocycles. The summed E-state index contributed by atoms with van der Waals surface area (Å²) in [7, 11) is 0. The van der Waals surface area contributed by atoms with Gasteiger partial charge in [0.2, 0.25) is 0 Å². The monoisotopic (exact) mass is 540 g/mol. The number of benzene rings is 1. The van der Waals surface area contributed by atoms with E-state index < -0.39 is 5.69 Å². The van der Waals surface area contributed by atoms with E-state index in [9.17, 15) is 14.0 Å². The molecule has 1 N–H and O–H groups in total. The van der Waals surface area contributed by atoms with Crippen molar-refractivity contribution >= 4 is 5.78 Å². The van der Waals surface area contributed by atoms with Crippen LogP contribution in [0.15, 0.2) is 46.2 Å². The summed E-state index contributed by atoms with van der Waals surface area (Å²) >= 11 is 0.0779. The van der Waals surface area contributed by atoms with E-state index in [-0.39, 0.29) is 44.6 Å². The van der Waals surface area contributed by atoms with E-state index in [1.807, 2.05) is 6.07 Å². The molecule has 31 heavy (non-hydrogen) atoms. The van der Waals surface area contributed by atoms with E-state index in [0.717, 1.165) is 25.8 Å². The molecule has 0 radical (unpaired) electrons. The first kappa shape index (κ1) is 20.8. The molecule has 0 spiro atoms. The second-order valence-electron chi connectivity index (χ2n) is 7.97. The van der Waals surface area contributed by atoms with Gasteiger partial charge in [0.05, 0.1) is 0 Å². The Morgan fingerprint density at radius 3 is 2.94 bits per heavy atom. The van der Waals surface area contributed by atoms with E-state index in [2.05, 4.69) is 14.9 Å². The Labute approximate surface area is 188 Å². The zero-order valence-corrected chi connectivity index (χ0v) is 19.1. The third kappa shape index (κ3) is 4.20. The zero-order chi connectivity index (χ0) is 21.4. The fourth-order valence-corrected chi connectivity index (χ4v) is 8.65. The van der Waals surface area contributed by atoms with E-state index in [0.29, 0.717) is 28.8 Å². The number of H-pyrrole nitrogens is 1. The normalized spacial score (nSPS) is 23.8. The average molecular weight is 540 g/mol. The molecule has 2 aliphatic heterocycles. The van der Waals surface area contributed by atoms with Crippen molar-refractivity contribution in [3.63, 3.8) is 0 Å². The van der Waals surface area contributed by atoms with E-state index in [4.69, 9.17) is 4.74 Å². The second-order valence-corrected chi connectivity index (χ2v) is 11.2. The fourth-order valence-electron chi connectivity index (χ4n) is 4.45. The molecule has 2 saturated heterocycles. The van der Waals surface area contributed by atoms with Crippen LogP contribution in [0, 0.1) is 5.82 Å². The van der Waals surface area contributed by atoms with Gasteiger partial charge >= 0.3 is 189 Å². The van der Waals surface area contributed by atoms with Crippen molar-refractivity contribution in [3.05, 3.63) is 69.0 Å². The molecule has 2 fully saturated rings. The van der Waals surface area contributed by atoms with Gasteiger partial charge in [-0.05, 0) is 0 Å². The van der Waals surface area contributed by atoms with Crippen LogP contribution in [-0.2, 0) is 17.9 Å². The number of fused-ring (bicyclic) bond motifs is 3. The summed E-state index contributed by atoms with van der Waals surface area (Å²) in [6.45, 7) is 1.56. The van der Waals surface area contributed by atoms with Crippen molar-refractivity contribution in [1.82, 2.24) is 23.8 Å². The number of nitrogens with one attached hydrogen (secondary N) is 1. The van der Waals surface area contributed by atoms with Crippen LogP contribution in [-0.4, -0.2) is 51.0 Å². The summed E-state index contributed by atoms with van der Waals surface area (Å²) < 4.78 is 24.3. The summed E-state index contributed by atoms with van der Waals surface area (Å²) in [5, 5.41) is 0. The summed E-state index contributed by atoms with van der Waals surface area (Å²) in [6.07, 6.45) is 5.91. The van der Waals surface area contributed by atoms with Gasteiger partial charge in [0.25, 0.3) is 0 Å². The van der Waals surface area contributed by atoms with Gasteiger partial charge in [-0.25, -0.2) is 0 Å². The molecule has 8 nitrogen and oxygen atoms in total. The first-order valence-corrected chi connectivity index (χ1v) is 13.2. The number of imidazole rings is 1. The number of rotatable bonds is 7. The Hall–Kier alpha value is -2.05. The molecule has 4 heterocycles. The van der Waals surface area contributed by atoms with Crippen LogP contribution in [0.1, 0.15) is 24.8 Å². The molecule has 3 atom stereocenters. The molecule has 0 amide bonds. The van der Waals surface area contributed by atoms with Gasteiger partial charge in [0.15, 0.2) is 0 Å². The van der Waals surface area contributed by atoms with Crippen molar-refractivity contribution < 1.29 is 30.3 Å². The van der Waals surface area contributed by atoms with Crippen molar-refractivity contribution in [2.75, 3.05) is 11.0 Å². The third-order valence-corrected chi connectivity index (χ3v) is 9.80. The molecule has 5 rings (SSSR count). The standard InChI is InChI=1S/C21H24FIN5O3/c22-17-5-2-1-4-14(17)13-31-16-10-15-12-23-18(11-16)26(15)7-3-8-28-20(29)25-19-24-6-9-27(19)21(28)30/h1-2,4-6,9,15-16,18H,3,7-8,10-13H2,(H,24,25,29)/q-1. The molecule has 0 aliphatic carbocycles. The van der Waals surface area contributed by atoms with Crippen molar-refractivity contribution in [1.29, 1.82) is 0 Å². The van der Waals surface area contributed by atoms with Crippen LogP contribution in [0.25, 0.3) is 5.78 Å². The molecule has 2 aromatic heterocycles. The predicted molar refractivity (Wildman–Crippen MR) is 108 cm³/mol. The van der Waals surface area contributed by atoms with Gasteiger partial charge in [0, 0.05) is 0 Å². The molecule has 2 aliphatic rings. The number of hydrogen-bond acceptors (Lipinski definition) is 5. The van der Waals surface area contributed by atoms with E-state index in [1.54, 1.807) is 18.3 Å². The number of nitrogens with zero attached hydrogens (tertiary/aromatic N) is 4. The third-order valence-electron chi connectivity index (χ3n) is 6.04. The molecule has 0 saturated carbocycles. The van der Waals surface area contributed by atoms with Crippen LogP contribution in [0.3, 0.4) is 0 Å². The predicted octanol–water partition coefficient (Wildman–Crippen LogP) is -1.81.